The van der Waals surface area contributed by atoms with E-state index in [1.807, 2.05) is 12.4 Å². The number of nitrogens with one attached hydrogen (secondary N) is 1. The van der Waals surface area contributed by atoms with Crippen LogP contribution in [0, 0.1) is 17.2 Å². The number of aromatic nitrogens is 4. The second kappa shape index (κ2) is 5.67. The average Bonchev–Trinajstić information content (AvgIpc) is 3.19. The first-order valence-electron chi connectivity index (χ1n) is 8.21. The molecule has 0 unspecified atom stereocenters. The van der Waals surface area contributed by atoms with Crippen molar-refractivity contribution in [2.45, 2.75) is 44.7 Å². The molecule has 1 saturated carbocycles. The van der Waals surface area contributed by atoms with Gasteiger partial charge < -0.3 is 15.3 Å². The summed E-state index contributed by atoms with van der Waals surface area (Å²) in [6.45, 7) is 0.429. The molecule has 1 aliphatic rings. The minimum absolute atomic E-state index is 0.411. The van der Waals surface area contributed by atoms with Crippen LogP contribution in [0.3, 0.4) is 0 Å². The van der Waals surface area contributed by atoms with Crippen molar-refractivity contribution < 1.29 is 0 Å². The maximum atomic E-state index is 8.89. The van der Waals surface area contributed by atoms with E-state index >= 15 is 0 Å². The van der Waals surface area contributed by atoms with Crippen molar-refractivity contribution in [1.82, 2.24) is 19.5 Å². The molecule has 1 fully saturated rings. The second-order valence-electron chi connectivity index (χ2n) is 6.37. The molecule has 0 atom stereocenters. The minimum Gasteiger partial charge on any atom is -0.346 e. The van der Waals surface area contributed by atoms with Crippen LogP contribution in [-0.2, 0) is 6.54 Å². The normalized spacial score (nSPS) is 21.7. The Labute approximate surface area is 134 Å². The standard InChI is InChI=1S/C17H20N6/c18-7-5-11-1-3-12(4-2-11)23-15(9-19)22-14-10-21-17-13(16(14)23)6-8-20-17/h6,8,10-12H,1-5,9,19H2,(H,20,21). The third-order valence-electron chi connectivity index (χ3n) is 5.05. The number of aromatic amines is 1. The van der Waals surface area contributed by atoms with Gasteiger partial charge in [0.1, 0.15) is 17.0 Å². The predicted octanol–water partition coefficient (Wildman–Crippen LogP) is 3.02. The molecule has 3 aromatic heterocycles. The lowest BCUT2D eigenvalue weighted by molar-refractivity contribution is 0.278. The lowest BCUT2D eigenvalue weighted by atomic mass is 9.84. The van der Waals surface area contributed by atoms with Gasteiger partial charge >= 0.3 is 0 Å². The first-order valence-corrected chi connectivity index (χ1v) is 8.21. The molecule has 3 aromatic rings. The zero-order chi connectivity index (χ0) is 15.8. The Bertz CT molecular complexity index is 876. The van der Waals surface area contributed by atoms with Crippen LogP contribution in [0.2, 0.25) is 0 Å². The maximum Gasteiger partial charge on any atom is 0.139 e. The molecule has 4 rings (SSSR count). The third-order valence-corrected chi connectivity index (χ3v) is 5.05. The molecule has 3 N–H and O–H groups in total. The van der Waals surface area contributed by atoms with Crippen molar-refractivity contribution in [2.24, 2.45) is 11.7 Å². The van der Waals surface area contributed by atoms with Gasteiger partial charge in [-0.2, -0.15) is 5.26 Å². The van der Waals surface area contributed by atoms with E-state index < -0.39 is 0 Å². The molecule has 0 aromatic carbocycles. The topological polar surface area (TPSA) is 96.3 Å². The Kier molecular flexibility index (Phi) is 3.50. The number of H-pyrrole nitrogens is 1. The summed E-state index contributed by atoms with van der Waals surface area (Å²) in [5.41, 5.74) is 8.90. The highest BCUT2D eigenvalue weighted by molar-refractivity contribution is 6.01. The number of fused-ring (bicyclic) bond motifs is 3. The molecule has 0 radical (unpaired) electrons. The summed E-state index contributed by atoms with van der Waals surface area (Å²) in [4.78, 5) is 12.3. The lowest BCUT2D eigenvalue weighted by Gasteiger charge is -2.29. The van der Waals surface area contributed by atoms with Gasteiger partial charge in [-0.05, 0) is 37.7 Å². The summed E-state index contributed by atoms with van der Waals surface area (Å²) in [5.74, 6) is 1.47. The maximum absolute atomic E-state index is 8.89. The SMILES string of the molecule is N#CCC1CCC(n2c(CN)nc3cnc4[nH]ccc4c32)CC1. The van der Waals surface area contributed by atoms with Gasteiger partial charge in [0, 0.05) is 24.0 Å². The largest absolute Gasteiger partial charge is 0.346 e. The van der Waals surface area contributed by atoms with Gasteiger partial charge in [-0.15, -0.1) is 0 Å². The molecule has 0 saturated heterocycles. The molecule has 0 bridgehead atoms. The molecule has 3 heterocycles. The van der Waals surface area contributed by atoms with E-state index in [4.69, 9.17) is 16.0 Å². The monoisotopic (exact) mass is 308 g/mol. The average molecular weight is 308 g/mol. The van der Waals surface area contributed by atoms with Crippen LogP contribution in [0.25, 0.3) is 22.1 Å². The molecule has 23 heavy (non-hydrogen) atoms. The molecule has 6 nitrogen and oxygen atoms in total. The van der Waals surface area contributed by atoms with Crippen LogP contribution in [-0.4, -0.2) is 19.5 Å². The van der Waals surface area contributed by atoms with Gasteiger partial charge in [-0.25, -0.2) is 9.97 Å². The highest BCUT2D eigenvalue weighted by atomic mass is 15.1. The van der Waals surface area contributed by atoms with Crippen molar-refractivity contribution in [3.05, 3.63) is 24.3 Å². The first-order chi connectivity index (χ1) is 11.3. The number of hydrogen-bond donors (Lipinski definition) is 2. The van der Waals surface area contributed by atoms with E-state index in [1.54, 1.807) is 0 Å². The van der Waals surface area contributed by atoms with Crippen LogP contribution in [0.15, 0.2) is 18.5 Å². The number of nitrogens with two attached hydrogens (primary N) is 1. The van der Waals surface area contributed by atoms with E-state index in [9.17, 15) is 0 Å². The molecular weight excluding hydrogens is 288 g/mol. The Hall–Kier alpha value is -2.39. The van der Waals surface area contributed by atoms with Gasteiger partial charge in [-0.3, -0.25) is 0 Å². The van der Waals surface area contributed by atoms with E-state index in [1.165, 1.54) is 0 Å². The van der Waals surface area contributed by atoms with Crippen LogP contribution < -0.4 is 5.73 Å². The van der Waals surface area contributed by atoms with Crippen molar-refractivity contribution in [3.63, 3.8) is 0 Å². The molecule has 6 heteroatoms. The Morgan fingerprint density at radius 3 is 2.91 bits per heavy atom. The summed E-state index contributed by atoms with van der Waals surface area (Å²) in [5, 5.41) is 10.00. The van der Waals surface area contributed by atoms with Crippen LogP contribution >= 0.6 is 0 Å². The molecule has 0 spiro atoms. The summed E-state index contributed by atoms with van der Waals surface area (Å²) < 4.78 is 2.33. The zero-order valence-corrected chi connectivity index (χ0v) is 13.0. The van der Waals surface area contributed by atoms with Gasteiger partial charge in [0.2, 0.25) is 0 Å². The van der Waals surface area contributed by atoms with Gasteiger partial charge in [-0.1, -0.05) is 0 Å². The number of nitrogens with zero attached hydrogens (tertiary/aromatic N) is 4. The fraction of sp³-hybridized carbons (Fsp3) is 0.471. The Morgan fingerprint density at radius 2 is 2.17 bits per heavy atom. The van der Waals surface area contributed by atoms with E-state index in [-0.39, 0.29) is 0 Å². The van der Waals surface area contributed by atoms with Gasteiger partial charge in [0.05, 0.1) is 24.3 Å². The summed E-state index contributed by atoms with van der Waals surface area (Å²) in [7, 11) is 0. The first kappa shape index (κ1) is 14.2. The van der Waals surface area contributed by atoms with E-state index in [0.717, 1.165) is 53.6 Å². The summed E-state index contributed by atoms with van der Waals surface area (Å²) in [6.07, 6.45) is 8.78. The van der Waals surface area contributed by atoms with Gasteiger partial charge in [0.25, 0.3) is 0 Å². The van der Waals surface area contributed by atoms with Crippen molar-refractivity contribution >= 4 is 22.1 Å². The second-order valence-corrected chi connectivity index (χ2v) is 6.37. The van der Waals surface area contributed by atoms with Crippen molar-refractivity contribution in [2.75, 3.05) is 0 Å². The smallest absolute Gasteiger partial charge is 0.139 e. The molecule has 0 amide bonds. The summed E-state index contributed by atoms with van der Waals surface area (Å²) >= 11 is 0. The third kappa shape index (κ3) is 2.28. The fourth-order valence-electron chi connectivity index (χ4n) is 3.91. The lowest BCUT2D eigenvalue weighted by Crippen LogP contribution is -2.21. The predicted molar refractivity (Wildman–Crippen MR) is 88.5 cm³/mol. The quantitative estimate of drug-likeness (QED) is 0.777. The van der Waals surface area contributed by atoms with Crippen molar-refractivity contribution in [3.8, 4) is 6.07 Å². The molecule has 1 aliphatic carbocycles. The van der Waals surface area contributed by atoms with Crippen LogP contribution in [0.5, 0.6) is 0 Å². The summed E-state index contributed by atoms with van der Waals surface area (Å²) in [6, 6.07) is 4.78. The Balaban J connectivity index is 1.79. The number of pyridine rings is 1. The van der Waals surface area contributed by atoms with Gasteiger partial charge in [0.15, 0.2) is 0 Å². The number of rotatable bonds is 3. The number of hydrogen-bond acceptors (Lipinski definition) is 4. The number of nitriles is 1. The van der Waals surface area contributed by atoms with E-state index in [0.29, 0.717) is 24.9 Å². The fourth-order valence-corrected chi connectivity index (χ4v) is 3.91. The minimum atomic E-state index is 0.411. The molecular formula is C17H20N6. The molecule has 118 valence electrons. The molecule has 0 aliphatic heterocycles. The van der Waals surface area contributed by atoms with E-state index in [2.05, 4.69) is 26.7 Å². The zero-order valence-electron chi connectivity index (χ0n) is 13.0. The Morgan fingerprint density at radius 1 is 1.35 bits per heavy atom. The highest BCUT2D eigenvalue weighted by Crippen LogP contribution is 2.37. The van der Waals surface area contributed by atoms with Crippen LogP contribution in [0.4, 0.5) is 0 Å². The van der Waals surface area contributed by atoms with Crippen molar-refractivity contribution in [1.29, 1.82) is 5.26 Å². The highest BCUT2D eigenvalue weighted by Gasteiger charge is 2.26. The number of imidazole rings is 1. The van der Waals surface area contributed by atoms with Crippen LogP contribution in [0.1, 0.15) is 44.0 Å².